The van der Waals surface area contributed by atoms with E-state index >= 15 is 0 Å². The molecule has 0 bridgehead atoms. The zero-order valence-corrected chi connectivity index (χ0v) is 11.7. The van der Waals surface area contributed by atoms with E-state index in [0.717, 1.165) is 24.3 Å². The number of sulfonamides is 1. The van der Waals surface area contributed by atoms with Crippen molar-refractivity contribution in [2.24, 2.45) is 0 Å². The van der Waals surface area contributed by atoms with Crippen LogP contribution in [-0.4, -0.2) is 21.6 Å². The molecular formula is C14H15NO4S. The van der Waals surface area contributed by atoms with Gasteiger partial charge in [0.25, 0.3) is 10.0 Å². The van der Waals surface area contributed by atoms with Gasteiger partial charge in [-0.2, -0.15) is 0 Å². The molecule has 3 rings (SSSR count). The Morgan fingerprint density at radius 1 is 1.25 bits per heavy atom. The molecule has 5 nitrogen and oxygen atoms in total. The number of fused-ring (bicyclic) bond motifs is 1. The first kappa shape index (κ1) is 13.2. The molecule has 0 atom stereocenters. The Hall–Kier alpha value is -1.79. The van der Waals surface area contributed by atoms with Gasteiger partial charge in [-0.3, -0.25) is 0 Å². The fraction of sp³-hybridized carbons (Fsp3) is 0.286. The van der Waals surface area contributed by atoms with Crippen LogP contribution in [0.2, 0.25) is 0 Å². The fourth-order valence-corrected chi connectivity index (χ4v) is 3.17. The van der Waals surface area contributed by atoms with Crippen LogP contribution in [0, 0.1) is 0 Å². The molecule has 0 saturated carbocycles. The molecule has 0 saturated heterocycles. The molecule has 1 aromatic carbocycles. The van der Waals surface area contributed by atoms with E-state index < -0.39 is 10.0 Å². The first-order chi connectivity index (χ1) is 9.65. The van der Waals surface area contributed by atoms with Crippen molar-refractivity contribution in [1.29, 1.82) is 0 Å². The molecule has 2 aromatic rings. The summed E-state index contributed by atoms with van der Waals surface area (Å²) in [4.78, 5) is 0. The first-order valence-corrected chi connectivity index (χ1v) is 7.91. The number of hydrogen-bond donors (Lipinski definition) is 1. The third-order valence-electron chi connectivity index (χ3n) is 3.22. The molecule has 0 spiro atoms. The number of nitrogens with one attached hydrogen (secondary N) is 1. The molecule has 0 aliphatic carbocycles. The maximum atomic E-state index is 11.8. The van der Waals surface area contributed by atoms with Crippen molar-refractivity contribution >= 4 is 10.0 Å². The molecule has 0 fully saturated rings. The highest BCUT2D eigenvalue weighted by Crippen LogP contribution is 2.25. The molecule has 1 N–H and O–H groups in total. The Morgan fingerprint density at radius 3 is 2.95 bits per heavy atom. The van der Waals surface area contributed by atoms with Gasteiger partial charge in [-0.1, -0.05) is 12.1 Å². The molecule has 106 valence electrons. The van der Waals surface area contributed by atoms with Gasteiger partial charge in [-0.15, -0.1) is 0 Å². The van der Waals surface area contributed by atoms with Gasteiger partial charge in [0.2, 0.25) is 5.09 Å². The van der Waals surface area contributed by atoms with E-state index in [-0.39, 0.29) is 5.09 Å². The minimum Gasteiger partial charge on any atom is -0.493 e. The van der Waals surface area contributed by atoms with Crippen molar-refractivity contribution < 1.29 is 17.6 Å². The molecule has 6 heteroatoms. The summed E-state index contributed by atoms with van der Waals surface area (Å²) < 4.78 is 36.5. The van der Waals surface area contributed by atoms with Crippen LogP contribution >= 0.6 is 0 Å². The Kier molecular flexibility index (Phi) is 3.50. The van der Waals surface area contributed by atoms with Gasteiger partial charge in [0, 0.05) is 13.0 Å². The van der Waals surface area contributed by atoms with Crippen LogP contribution in [0.4, 0.5) is 0 Å². The van der Waals surface area contributed by atoms with Crippen LogP contribution in [0.3, 0.4) is 0 Å². The zero-order chi connectivity index (χ0) is 14.0. The topological polar surface area (TPSA) is 68.5 Å². The second-order valence-corrected chi connectivity index (χ2v) is 6.32. The third kappa shape index (κ3) is 2.71. The number of rotatable bonds is 5. The van der Waals surface area contributed by atoms with E-state index in [0.29, 0.717) is 13.0 Å². The van der Waals surface area contributed by atoms with Crippen molar-refractivity contribution in [3.05, 3.63) is 47.7 Å². The smallest absolute Gasteiger partial charge is 0.273 e. The molecule has 1 aliphatic rings. The Balaban J connectivity index is 1.60. The second kappa shape index (κ2) is 5.30. The fourth-order valence-electron chi connectivity index (χ4n) is 2.21. The molecule has 1 aliphatic heterocycles. The van der Waals surface area contributed by atoms with E-state index in [1.54, 1.807) is 6.07 Å². The maximum Gasteiger partial charge on any atom is 0.273 e. The molecular weight excluding hydrogens is 278 g/mol. The molecule has 20 heavy (non-hydrogen) atoms. The number of hydrogen-bond acceptors (Lipinski definition) is 4. The lowest BCUT2D eigenvalue weighted by Gasteiger charge is -2.06. The quantitative estimate of drug-likeness (QED) is 0.911. The van der Waals surface area contributed by atoms with E-state index in [9.17, 15) is 8.42 Å². The van der Waals surface area contributed by atoms with Crippen molar-refractivity contribution in [1.82, 2.24) is 4.72 Å². The largest absolute Gasteiger partial charge is 0.493 e. The van der Waals surface area contributed by atoms with Crippen molar-refractivity contribution in [2.45, 2.75) is 17.9 Å². The molecule has 0 radical (unpaired) electrons. The molecule has 0 unspecified atom stereocenters. The van der Waals surface area contributed by atoms with Crippen LogP contribution in [0.5, 0.6) is 5.75 Å². The maximum absolute atomic E-state index is 11.8. The highest BCUT2D eigenvalue weighted by molar-refractivity contribution is 7.89. The summed E-state index contributed by atoms with van der Waals surface area (Å²) in [6, 6.07) is 8.96. The van der Waals surface area contributed by atoms with Crippen LogP contribution in [0.15, 0.2) is 46.1 Å². The highest BCUT2D eigenvalue weighted by atomic mass is 32.2. The molecule has 1 aromatic heterocycles. The van der Waals surface area contributed by atoms with E-state index in [2.05, 4.69) is 10.8 Å². The average Bonchev–Trinajstić information content (AvgIpc) is 3.09. The normalized spacial score (nSPS) is 14.0. The van der Waals surface area contributed by atoms with Crippen molar-refractivity contribution in [3.8, 4) is 5.75 Å². The van der Waals surface area contributed by atoms with E-state index in [1.165, 1.54) is 17.9 Å². The van der Waals surface area contributed by atoms with Gasteiger partial charge in [-0.25, -0.2) is 13.1 Å². The summed E-state index contributed by atoms with van der Waals surface area (Å²) >= 11 is 0. The van der Waals surface area contributed by atoms with Crippen LogP contribution in [0.1, 0.15) is 11.1 Å². The predicted molar refractivity (Wildman–Crippen MR) is 73.2 cm³/mol. The van der Waals surface area contributed by atoms with Crippen LogP contribution in [-0.2, 0) is 22.9 Å². The number of ether oxygens (including phenoxy) is 1. The minimum absolute atomic E-state index is 0.0557. The Morgan fingerprint density at radius 2 is 2.15 bits per heavy atom. The lowest BCUT2D eigenvalue weighted by molar-refractivity contribution is 0.357. The van der Waals surface area contributed by atoms with Gasteiger partial charge in [-0.05, 0) is 35.7 Å². The third-order valence-corrected chi connectivity index (χ3v) is 4.57. The zero-order valence-electron chi connectivity index (χ0n) is 10.8. The Bertz CT molecular complexity index is 692. The average molecular weight is 293 g/mol. The second-order valence-electron chi connectivity index (χ2n) is 4.62. The summed E-state index contributed by atoms with van der Waals surface area (Å²) in [5, 5.41) is -0.0557. The number of furan rings is 1. The van der Waals surface area contributed by atoms with Gasteiger partial charge in [0.1, 0.15) is 5.75 Å². The summed E-state index contributed by atoms with van der Waals surface area (Å²) in [6.07, 6.45) is 2.89. The van der Waals surface area contributed by atoms with E-state index in [4.69, 9.17) is 9.15 Å². The van der Waals surface area contributed by atoms with Crippen molar-refractivity contribution in [2.75, 3.05) is 13.2 Å². The summed E-state index contributed by atoms with van der Waals surface area (Å²) in [7, 11) is -3.54. The van der Waals surface area contributed by atoms with Gasteiger partial charge in [0.15, 0.2) is 0 Å². The minimum atomic E-state index is -3.54. The summed E-state index contributed by atoms with van der Waals surface area (Å²) in [5.41, 5.74) is 2.28. The SMILES string of the molecule is O=S(=O)(NCCc1ccc2c(c1)CCO2)c1ccco1. The van der Waals surface area contributed by atoms with Gasteiger partial charge in [0.05, 0.1) is 12.9 Å². The summed E-state index contributed by atoms with van der Waals surface area (Å²) in [6.45, 7) is 1.06. The molecule has 2 heterocycles. The van der Waals surface area contributed by atoms with Crippen LogP contribution < -0.4 is 9.46 Å². The number of benzene rings is 1. The lowest BCUT2D eigenvalue weighted by Crippen LogP contribution is -2.25. The highest BCUT2D eigenvalue weighted by Gasteiger charge is 2.16. The van der Waals surface area contributed by atoms with Gasteiger partial charge < -0.3 is 9.15 Å². The van der Waals surface area contributed by atoms with Gasteiger partial charge >= 0.3 is 0 Å². The Labute approximate surface area is 117 Å². The monoisotopic (exact) mass is 293 g/mol. The lowest BCUT2D eigenvalue weighted by atomic mass is 10.1. The van der Waals surface area contributed by atoms with Crippen LogP contribution in [0.25, 0.3) is 0 Å². The van der Waals surface area contributed by atoms with Crippen molar-refractivity contribution in [3.63, 3.8) is 0 Å². The predicted octanol–water partition coefficient (Wildman–Crippen LogP) is 1.74. The summed E-state index contributed by atoms with van der Waals surface area (Å²) in [5.74, 6) is 0.935. The standard InChI is InChI=1S/C14H15NO4S/c16-20(17,14-2-1-8-19-14)15-7-5-11-3-4-13-12(10-11)6-9-18-13/h1-4,8,10,15H,5-7,9H2. The first-order valence-electron chi connectivity index (χ1n) is 6.43. The molecule has 0 amide bonds. The van der Waals surface area contributed by atoms with E-state index in [1.807, 2.05) is 12.1 Å².